The Kier molecular flexibility index (Phi) is 6.07. The van der Waals surface area contributed by atoms with Gasteiger partial charge in [-0.25, -0.2) is 0 Å². The Morgan fingerprint density at radius 1 is 1.21 bits per heavy atom. The van der Waals surface area contributed by atoms with Gasteiger partial charge in [0.15, 0.2) is 0 Å². The molecule has 2 amide bonds. The largest absolute Gasteiger partial charge is 0.326 e. The normalized spacial score (nSPS) is 21.4. The summed E-state index contributed by atoms with van der Waals surface area (Å²) in [6.45, 7) is 3.24. The number of hydrogen-bond donors (Lipinski definition) is 1. The number of hydrogen-bond acceptors (Lipinski definition) is 4. The molecular formula is C19H28N4O4S. The van der Waals surface area contributed by atoms with Crippen molar-refractivity contribution in [2.45, 2.75) is 32.6 Å². The van der Waals surface area contributed by atoms with Crippen LogP contribution in [0.4, 0.5) is 11.4 Å². The predicted molar refractivity (Wildman–Crippen MR) is 108 cm³/mol. The van der Waals surface area contributed by atoms with Gasteiger partial charge in [0.05, 0.1) is 5.92 Å². The molecule has 0 unspecified atom stereocenters. The van der Waals surface area contributed by atoms with Crippen LogP contribution in [0.5, 0.6) is 0 Å². The third-order valence-corrected chi connectivity index (χ3v) is 7.29. The fraction of sp³-hybridized carbons (Fsp3) is 0.579. The van der Waals surface area contributed by atoms with Gasteiger partial charge < -0.3 is 10.2 Å². The Bertz CT molecular complexity index is 869. The van der Waals surface area contributed by atoms with E-state index < -0.39 is 16.1 Å². The van der Waals surface area contributed by atoms with Crippen molar-refractivity contribution >= 4 is 33.4 Å². The van der Waals surface area contributed by atoms with Crippen molar-refractivity contribution in [1.82, 2.24) is 8.61 Å². The molecule has 0 radical (unpaired) electrons. The molecule has 1 N–H and O–H groups in total. The van der Waals surface area contributed by atoms with Gasteiger partial charge in [-0.05, 0) is 43.9 Å². The summed E-state index contributed by atoms with van der Waals surface area (Å²) in [6, 6.07) is 5.53. The topological polar surface area (TPSA) is 90.0 Å². The molecule has 154 valence electrons. The van der Waals surface area contributed by atoms with E-state index in [0.717, 1.165) is 17.7 Å². The number of benzene rings is 1. The van der Waals surface area contributed by atoms with E-state index in [4.69, 9.17) is 0 Å². The molecule has 2 saturated heterocycles. The first-order valence-corrected chi connectivity index (χ1v) is 11.0. The second kappa shape index (κ2) is 8.18. The van der Waals surface area contributed by atoms with E-state index in [9.17, 15) is 18.0 Å². The molecule has 8 nitrogen and oxygen atoms in total. The zero-order chi connectivity index (χ0) is 20.5. The molecular weight excluding hydrogens is 380 g/mol. The van der Waals surface area contributed by atoms with Crippen LogP contribution < -0.4 is 10.2 Å². The van der Waals surface area contributed by atoms with Gasteiger partial charge in [-0.15, -0.1) is 0 Å². The van der Waals surface area contributed by atoms with Gasteiger partial charge in [-0.1, -0.05) is 6.07 Å². The van der Waals surface area contributed by atoms with Crippen LogP contribution in [0.1, 0.15) is 31.2 Å². The molecule has 9 heteroatoms. The minimum absolute atomic E-state index is 0.100. The zero-order valence-corrected chi connectivity index (χ0v) is 17.5. The van der Waals surface area contributed by atoms with Crippen LogP contribution in [0.15, 0.2) is 18.2 Å². The van der Waals surface area contributed by atoms with E-state index in [1.807, 2.05) is 25.1 Å². The molecule has 3 rings (SSSR count). The summed E-state index contributed by atoms with van der Waals surface area (Å²) >= 11 is 0. The number of nitrogens with one attached hydrogen (secondary N) is 1. The van der Waals surface area contributed by atoms with Crippen LogP contribution >= 0.6 is 0 Å². The third-order valence-electron chi connectivity index (χ3n) is 5.38. The number of carbonyl (C=O) groups excluding carboxylic acids is 2. The lowest BCUT2D eigenvalue weighted by Crippen LogP contribution is -2.47. The second-order valence-corrected chi connectivity index (χ2v) is 9.77. The molecule has 0 aliphatic carbocycles. The number of rotatable bonds is 5. The molecule has 28 heavy (non-hydrogen) atoms. The zero-order valence-electron chi connectivity index (χ0n) is 16.6. The Labute approximate surface area is 166 Å². The number of amides is 2. The van der Waals surface area contributed by atoms with Gasteiger partial charge in [0, 0.05) is 51.5 Å². The molecule has 2 heterocycles. The molecule has 1 aromatic rings. The second-order valence-electron chi connectivity index (χ2n) is 7.63. The maximum atomic E-state index is 12.8. The maximum Gasteiger partial charge on any atom is 0.281 e. The first kappa shape index (κ1) is 20.8. The van der Waals surface area contributed by atoms with Crippen LogP contribution in [-0.2, 0) is 19.8 Å². The van der Waals surface area contributed by atoms with Gasteiger partial charge in [-0.3, -0.25) is 9.59 Å². The standard InChI is InChI=1S/C19H28N4O4S/c1-14-8-9-16(12-17(14)23-11-5-7-18(23)24)20-19(25)15-6-4-10-22(13-15)28(26,27)21(2)3/h8-9,12,15H,4-7,10-11,13H2,1-3H3,(H,20,25)/t15-/m1/s1. The molecule has 2 aliphatic heterocycles. The molecule has 0 saturated carbocycles. The number of carbonyl (C=O) groups is 2. The molecule has 0 bridgehead atoms. The van der Waals surface area contributed by atoms with E-state index in [1.54, 1.807) is 4.90 Å². The summed E-state index contributed by atoms with van der Waals surface area (Å²) < 4.78 is 27.2. The Balaban J connectivity index is 1.72. The van der Waals surface area contributed by atoms with Crippen molar-refractivity contribution in [3.8, 4) is 0 Å². The summed E-state index contributed by atoms with van der Waals surface area (Å²) in [6.07, 6.45) is 2.68. The quantitative estimate of drug-likeness (QED) is 0.801. The highest BCUT2D eigenvalue weighted by molar-refractivity contribution is 7.86. The molecule has 1 atom stereocenters. The third kappa shape index (κ3) is 4.21. The van der Waals surface area contributed by atoms with E-state index in [0.29, 0.717) is 38.0 Å². The van der Waals surface area contributed by atoms with Crippen LogP contribution in [0.25, 0.3) is 0 Å². The van der Waals surface area contributed by atoms with Crippen LogP contribution in [0, 0.1) is 12.8 Å². The predicted octanol–water partition coefficient (Wildman–Crippen LogP) is 1.58. The Morgan fingerprint density at radius 3 is 2.61 bits per heavy atom. The van der Waals surface area contributed by atoms with E-state index in [2.05, 4.69) is 5.32 Å². The number of piperidine rings is 1. The minimum atomic E-state index is -3.53. The minimum Gasteiger partial charge on any atom is -0.326 e. The summed E-state index contributed by atoms with van der Waals surface area (Å²) in [5.41, 5.74) is 2.42. The summed E-state index contributed by atoms with van der Waals surface area (Å²) in [7, 11) is -0.541. The monoisotopic (exact) mass is 408 g/mol. The van der Waals surface area contributed by atoms with Gasteiger partial charge in [0.2, 0.25) is 11.8 Å². The summed E-state index contributed by atoms with van der Waals surface area (Å²) in [5.74, 6) is -0.494. The molecule has 2 aliphatic rings. The summed E-state index contributed by atoms with van der Waals surface area (Å²) in [4.78, 5) is 26.6. The van der Waals surface area contributed by atoms with Crippen molar-refractivity contribution < 1.29 is 18.0 Å². The lowest BCUT2D eigenvalue weighted by molar-refractivity contribution is -0.121. The smallest absolute Gasteiger partial charge is 0.281 e. The molecule has 1 aromatic carbocycles. The lowest BCUT2D eigenvalue weighted by atomic mass is 9.98. The van der Waals surface area contributed by atoms with Crippen LogP contribution in [0.3, 0.4) is 0 Å². The van der Waals surface area contributed by atoms with Crippen LogP contribution in [-0.4, -0.2) is 62.6 Å². The van der Waals surface area contributed by atoms with E-state index in [-0.39, 0.29) is 18.4 Å². The first-order chi connectivity index (χ1) is 13.2. The van der Waals surface area contributed by atoms with Crippen molar-refractivity contribution in [3.05, 3.63) is 23.8 Å². The van der Waals surface area contributed by atoms with E-state index >= 15 is 0 Å². The molecule has 0 aromatic heterocycles. The SMILES string of the molecule is Cc1ccc(NC(=O)[C@@H]2CCCN(S(=O)(=O)N(C)C)C2)cc1N1CCCC1=O. The fourth-order valence-electron chi connectivity index (χ4n) is 3.72. The lowest BCUT2D eigenvalue weighted by Gasteiger charge is -2.32. The van der Waals surface area contributed by atoms with Crippen molar-refractivity contribution in [3.63, 3.8) is 0 Å². The highest BCUT2D eigenvalue weighted by atomic mass is 32.2. The first-order valence-electron chi connectivity index (χ1n) is 9.59. The number of aryl methyl sites for hydroxylation is 1. The van der Waals surface area contributed by atoms with E-state index in [1.165, 1.54) is 22.7 Å². The number of nitrogens with zero attached hydrogens (tertiary/aromatic N) is 3. The van der Waals surface area contributed by atoms with Crippen molar-refractivity contribution in [2.75, 3.05) is 43.9 Å². The van der Waals surface area contributed by atoms with Gasteiger partial charge in [-0.2, -0.15) is 17.0 Å². The Morgan fingerprint density at radius 2 is 1.96 bits per heavy atom. The van der Waals surface area contributed by atoms with Gasteiger partial charge in [0.25, 0.3) is 10.2 Å². The fourth-order valence-corrected chi connectivity index (χ4v) is 4.91. The average Bonchev–Trinajstić information content (AvgIpc) is 3.09. The summed E-state index contributed by atoms with van der Waals surface area (Å²) in [5, 5.41) is 2.91. The van der Waals surface area contributed by atoms with Crippen molar-refractivity contribution in [2.24, 2.45) is 5.92 Å². The number of anilines is 2. The molecule has 2 fully saturated rings. The molecule has 0 spiro atoms. The highest BCUT2D eigenvalue weighted by Gasteiger charge is 2.33. The van der Waals surface area contributed by atoms with Gasteiger partial charge >= 0.3 is 0 Å². The van der Waals surface area contributed by atoms with Crippen molar-refractivity contribution in [1.29, 1.82) is 0 Å². The Hall–Kier alpha value is -1.97. The highest BCUT2D eigenvalue weighted by Crippen LogP contribution is 2.29. The van der Waals surface area contributed by atoms with Gasteiger partial charge in [0.1, 0.15) is 0 Å². The van der Waals surface area contributed by atoms with Crippen LogP contribution in [0.2, 0.25) is 0 Å². The average molecular weight is 409 g/mol. The maximum absolute atomic E-state index is 12.8.